The third-order valence-electron chi connectivity index (χ3n) is 5.63. The molecular formula is C26H27N3O4S. The predicted molar refractivity (Wildman–Crippen MR) is 134 cm³/mol. The SMILES string of the molecule is CCOC(=O)C1=C(C)N=c2s/c(=C/c3cccc(OC)c3)c(=O)n2C1c1ccc(N(C)C)cc1. The number of aromatic nitrogens is 1. The molecule has 34 heavy (non-hydrogen) atoms. The van der Waals surface area contributed by atoms with Gasteiger partial charge in [0, 0.05) is 19.8 Å². The second-order valence-electron chi connectivity index (χ2n) is 8.06. The maximum absolute atomic E-state index is 13.6. The predicted octanol–water partition coefficient (Wildman–Crippen LogP) is 2.87. The Morgan fingerprint density at radius 3 is 2.59 bits per heavy atom. The molecule has 1 aliphatic heterocycles. The normalized spacial score (nSPS) is 15.6. The summed E-state index contributed by atoms with van der Waals surface area (Å²) in [6, 6.07) is 14.7. The molecule has 2 heterocycles. The minimum atomic E-state index is -0.626. The van der Waals surface area contributed by atoms with E-state index in [9.17, 15) is 9.59 Å². The standard InChI is InChI=1S/C26H27N3O4S/c1-6-33-25(31)22-16(2)27-26-29(23(22)18-10-12-19(13-11-18)28(3)4)24(30)21(34-26)15-17-8-7-9-20(14-17)32-5/h7-15,23H,6H2,1-5H3/b21-15+. The number of ether oxygens (including phenoxy) is 2. The molecule has 0 radical (unpaired) electrons. The fourth-order valence-electron chi connectivity index (χ4n) is 3.94. The Hall–Kier alpha value is -3.65. The summed E-state index contributed by atoms with van der Waals surface area (Å²) in [7, 11) is 5.53. The minimum Gasteiger partial charge on any atom is -0.497 e. The third kappa shape index (κ3) is 4.41. The van der Waals surface area contributed by atoms with Crippen LogP contribution >= 0.6 is 11.3 Å². The van der Waals surface area contributed by atoms with E-state index in [1.54, 1.807) is 25.5 Å². The first-order valence-corrected chi connectivity index (χ1v) is 11.8. The second kappa shape index (κ2) is 9.69. The number of allylic oxidation sites excluding steroid dienone is 1. The number of anilines is 1. The van der Waals surface area contributed by atoms with Crippen molar-refractivity contribution < 1.29 is 14.3 Å². The van der Waals surface area contributed by atoms with Gasteiger partial charge >= 0.3 is 5.97 Å². The molecule has 7 nitrogen and oxygen atoms in total. The molecule has 1 aliphatic rings. The van der Waals surface area contributed by atoms with Crippen LogP contribution in [0.4, 0.5) is 5.69 Å². The van der Waals surface area contributed by atoms with Gasteiger partial charge in [-0.1, -0.05) is 35.6 Å². The average molecular weight is 478 g/mol. The number of fused-ring (bicyclic) bond motifs is 1. The highest BCUT2D eigenvalue weighted by Gasteiger charge is 2.33. The van der Waals surface area contributed by atoms with Gasteiger partial charge in [-0.2, -0.15) is 0 Å². The van der Waals surface area contributed by atoms with Crippen LogP contribution < -0.4 is 24.5 Å². The Labute approximate surface area is 201 Å². The van der Waals surface area contributed by atoms with Crippen LogP contribution in [-0.2, 0) is 9.53 Å². The molecule has 0 bridgehead atoms. The number of nitrogens with zero attached hydrogens (tertiary/aromatic N) is 3. The lowest BCUT2D eigenvalue weighted by atomic mass is 9.95. The topological polar surface area (TPSA) is 73.1 Å². The lowest BCUT2D eigenvalue weighted by molar-refractivity contribution is -0.139. The Morgan fingerprint density at radius 2 is 1.94 bits per heavy atom. The summed E-state index contributed by atoms with van der Waals surface area (Å²) < 4.78 is 12.8. The Kier molecular flexibility index (Phi) is 6.70. The Bertz CT molecular complexity index is 1430. The molecule has 3 aromatic rings. The number of rotatable bonds is 6. The monoisotopic (exact) mass is 477 g/mol. The van der Waals surface area contributed by atoms with Gasteiger partial charge in [-0.05, 0) is 55.3 Å². The largest absolute Gasteiger partial charge is 0.497 e. The van der Waals surface area contributed by atoms with Crippen LogP contribution in [0.5, 0.6) is 5.75 Å². The van der Waals surface area contributed by atoms with Crippen LogP contribution in [0.25, 0.3) is 6.08 Å². The van der Waals surface area contributed by atoms with Crippen LogP contribution in [0.3, 0.4) is 0 Å². The average Bonchev–Trinajstić information content (AvgIpc) is 3.12. The highest BCUT2D eigenvalue weighted by atomic mass is 32.1. The maximum Gasteiger partial charge on any atom is 0.338 e. The summed E-state index contributed by atoms with van der Waals surface area (Å²) in [4.78, 5) is 33.8. The minimum absolute atomic E-state index is 0.206. The molecular weight excluding hydrogens is 450 g/mol. The van der Waals surface area contributed by atoms with Crippen molar-refractivity contribution in [3.8, 4) is 5.75 Å². The first-order chi connectivity index (χ1) is 16.3. The van der Waals surface area contributed by atoms with Crippen molar-refractivity contribution in [3.05, 3.63) is 90.6 Å². The van der Waals surface area contributed by atoms with E-state index in [-0.39, 0.29) is 12.2 Å². The first-order valence-electron chi connectivity index (χ1n) is 10.9. The van der Waals surface area contributed by atoms with Crippen LogP contribution in [-0.4, -0.2) is 38.3 Å². The van der Waals surface area contributed by atoms with Gasteiger partial charge in [0.1, 0.15) is 5.75 Å². The number of hydrogen-bond donors (Lipinski definition) is 0. The fraction of sp³-hybridized carbons (Fsp3) is 0.269. The number of methoxy groups -OCH3 is 1. The first kappa shape index (κ1) is 23.5. The van der Waals surface area contributed by atoms with Gasteiger partial charge in [-0.15, -0.1) is 0 Å². The second-order valence-corrected chi connectivity index (χ2v) is 9.07. The van der Waals surface area contributed by atoms with Gasteiger partial charge in [-0.25, -0.2) is 9.79 Å². The van der Waals surface area contributed by atoms with Crippen molar-refractivity contribution in [2.24, 2.45) is 4.99 Å². The molecule has 0 spiro atoms. The van der Waals surface area contributed by atoms with Gasteiger partial charge in [0.25, 0.3) is 5.56 Å². The van der Waals surface area contributed by atoms with Gasteiger partial charge in [-0.3, -0.25) is 9.36 Å². The number of esters is 1. The van der Waals surface area contributed by atoms with Gasteiger partial charge < -0.3 is 14.4 Å². The third-order valence-corrected chi connectivity index (χ3v) is 6.62. The van der Waals surface area contributed by atoms with Crippen molar-refractivity contribution in [3.63, 3.8) is 0 Å². The van der Waals surface area contributed by atoms with Gasteiger partial charge in [0.2, 0.25) is 0 Å². The van der Waals surface area contributed by atoms with Crippen LogP contribution in [0.2, 0.25) is 0 Å². The van der Waals surface area contributed by atoms with E-state index in [0.29, 0.717) is 26.4 Å². The fourth-order valence-corrected chi connectivity index (χ4v) is 4.99. The van der Waals surface area contributed by atoms with Crippen LogP contribution in [0.1, 0.15) is 31.0 Å². The van der Waals surface area contributed by atoms with Crippen LogP contribution in [0, 0.1) is 0 Å². The molecule has 8 heteroatoms. The van der Waals surface area contributed by atoms with E-state index in [4.69, 9.17) is 9.47 Å². The molecule has 1 atom stereocenters. The summed E-state index contributed by atoms with van der Waals surface area (Å²) in [5, 5.41) is 0. The van der Waals surface area contributed by atoms with Crippen molar-refractivity contribution >= 4 is 29.1 Å². The molecule has 176 valence electrons. The number of benzene rings is 2. The molecule has 2 aromatic carbocycles. The summed E-state index contributed by atoms with van der Waals surface area (Å²) in [6.45, 7) is 3.78. The molecule has 1 aromatic heterocycles. The van der Waals surface area contributed by atoms with Gasteiger partial charge in [0.05, 0.1) is 35.6 Å². The quantitative estimate of drug-likeness (QED) is 0.511. The molecule has 0 amide bonds. The van der Waals surface area contributed by atoms with E-state index in [1.807, 2.05) is 73.6 Å². The lowest BCUT2D eigenvalue weighted by Gasteiger charge is -2.25. The maximum atomic E-state index is 13.6. The summed E-state index contributed by atoms with van der Waals surface area (Å²) in [6.07, 6.45) is 1.82. The molecule has 1 unspecified atom stereocenters. The van der Waals surface area contributed by atoms with Crippen molar-refractivity contribution in [2.75, 3.05) is 32.7 Å². The summed E-state index contributed by atoms with van der Waals surface area (Å²) in [5.41, 5.74) is 3.40. The van der Waals surface area contributed by atoms with E-state index in [0.717, 1.165) is 16.8 Å². The summed E-state index contributed by atoms with van der Waals surface area (Å²) in [5.74, 6) is 0.244. The van der Waals surface area contributed by atoms with Crippen LogP contribution in [0.15, 0.2) is 69.6 Å². The number of carbonyl (C=O) groups is 1. The zero-order valence-electron chi connectivity index (χ0n) is 19.9. The van der Waals surface area contributed by atoms with E-state index in [2.05, 4.69) is 4.99 Å². The smallest absolute Gasteiger partial charge is 0.338 e. The van der Waals surface area contributed by atoms with E-state index >= 15 is 0 Å². The number of carbonyl (C=O) groups excluding carboxylic acids is 1. The molecule has 0 saturated heterocycles. The highest BCUT2D eigenvalue weighted by molar-refractivity contribution is 7.07. The highest BCUT2D eigenvalue weighted by Crippen LogP contribution is 2.31. The van der Waals surface area contributed by atoms with E-state index in [1.165, 1.54) is 11.3 Å². The number of hydrogen-bond acceptors (Lipinski definition) is 7. The van der Waals surface area contributed by atoms with Gasteiger partial charge in [0.15, 0.2) is 4.80 Å². The summed E-state index contributed by atoms with van der Waals surface area (Å²) >= 11 is 1.30. The Balaban J connectivity index is 1.92. The van der Waals surface area contributed by atoms with Crippen molar-refractivity contribution in [2.45, 2.75) is 19.9 Å². The van der Waals surface area contributed by atoms with Crippen molar-refractivity contribution in [1.82, 2.24) is 4.57 Å². The molecule has 0 fully saturated rings. The van der Waals surface area contributed by atoms with E-state index < -0.39 is 12.0 Å². The number of thiazole rings is 1. The molecule has 4 rings (SSSR count). The van der Waals surface area contributed by atoms with Crippen molar-refractivity contribution in [1.29, 1.82) is 0 Å². The lowest BCUT2D eigenvalue weighted by Crippen LogP contribution is -2.39. The molecule has 0 N–H and O–H groups in total. The zero-order chi connectivity index (χ0) is 24.4. The molecule has 0 aliphatic carbocycles. The Morgan fingerprint density at radius 1 is 1.21 bits per heavy atom. The molecule has 0 saturated carbocycles. The zero-order valence-corrected chi connectivity index (χ0v) is 20.7.